The normalized spacial score (nSPS) is 20.6. The Hall–Kier alpha value is -1.79. The average molecular weight is 321 g/mol. The van der Waals surface area contributed by atoms with Crippen LogP contribution in [0, 0.1) is 17.6 Å². The smallest absolute Gasteiger partial charge is 0.137 e. The number of imidazole rings is 1. The molecular formula is C17H21F2N3O. The molecule has 1 aliphatic rings. The minimum atomic E-state index is -0.643. The Morgan fingerprint density at radius 3 is 2.96 bits per heavy atom. The van der Waals surface area contributed by atoms with Gasteiger partial charge >= 0.3 is 0 Å². The van der Waals surface area contributed by atoms with Crippen molar-refractivity contribution in [3.63, 3.8) is 0 Å². The van der Waals surface area contributed by atoms with Crippen LogP contribution >= 0.6 is 0 Å². The predicted octanol–water partition coefficient (Wildman–Crippen LogP) is 2.64. The number of benzene rings is 1. The third-order valence-corrected chi connectivity index (χ3v) is 4.51. The maximum atomic E-state index is 13.8. The minimum absolute atomic E-state index is 0.0430. The zero-order valence-corrected chi connectivity index (χ0v) is 13.1. The molecule has 23 heavy (non-hydrogen) atoms. The van der Waals surface area contributed by atoms with E-state index in [4.69, 9.17) is 0 Å². The number of aliphatic hydroxyl groups is 1. The number of aryl methyl sites for hydroxylation is 1. The summed E-state index contributed by atoms with van der Waals surface area (Å²) < 4.78 is 28.9. The van der Waals surface area contributed by atoms with Gasteiger partial charge in [0.1, 0.15) is 23.6 Å². The summed E-state index contributed by atoms with van der Waals surface area (Å²) in [6, 6.07) is 3.53. The van der Waals surface area contributed by atoms with Gasteiger partial charge in [-0.15, -0.1) is 0 Å². The third kappa shape index (κ3) is 3.59. The molecule has 4 nitrogen and oxygen atoms in total. The van der Waals surface area contributed by atoms with E-state index in [1.807, 2.05) is 11.6 Å². The molecule has 2 atom stereocenters. The van der Waals surface area contributed by atoms with Crippen LogP contribution in [0.5, 0.6) is 0 Å². The van der Waals surface area contributed by atoms with Gasteiger partial charge in [0.25, 0.3) is 0 Å². The van der Waals surface area contributed by atoms with Gasteiger partial charge < -0.3 is 9.67 Å². The summed E-state index contributed by atoms with van der Waals surface area (Å²) in [6.07, 6.45) is 4.65. The zero-order chi connectivity index (χ0) is 16.4. The van der Waals surface area contributed by atoms with Crippen LogP contribution in [0.15, 0.2) is 30.6 Å². The number of piperidine rings is 1. The number of halogens is 2. The van der Waals surface area contributed by atoms with Crippen molar-refractivity contribution in [2.45, 2.75) is 25.5 Å². The maximum absolute atomic E-state index is 13.8. The second-order valence-electron chi connectivity index (χ2n) is 6.21. The predicted molar refractivity (Wildman–Crippen MR) is 82.5 cm³/mol. The standard InChI is InChI=1S/C17H21F2N3O/c1-21-8-6-20-17(21)16(23)12-3-2-7-22(10-12)11-13-9-14(18)4-5-15(13)19/h4-6,8-9,12,16,23H,2-3,7,10-11H2,1H3. The maximum Gasteiger partial charge on any atom is 0.137 e. The Kier molecular flexibility index (Phi) is 4.73. The molecule has 2 unspecified atom stereocenters. The highest BCUT2D eigenvalue weighted by Gasteiger charge is 2.29. The Morgan fingerprint density at radius 1 is 1.39 bits per heavy atom. The molecule has 0 spiro atoms. The van der Waals surface area contributed by atoms with Crippen LogP contribution in [0.2, 0.25) is 0 Å². The first kappa shape index (κ1) is 16.1. The van der Waals surface area contributed by atoms with Crippen molar-refractivity contribution < 1.29 is 13.9 Å². The first-order valence-electron chi connectivity index (χ1n) is 7.86. The highest BCUT2D eigenvalue weighted by Crippen LogP contribution is 2.29. The van der Waals surface area contributed by atoms with Gasteiger partial charge in [0.15, 0.2) is 0 Å². The van der Waals surface area contributed by atoms with Crippen molar-refractivity contribution in [3.05, 3.63) is 53.6 Å². The summed E-state index contributed by atoms with van der Waals surface area (Å²) in [7, 11) is 1.86. The van der Waals surface area contributed by atoms with E-state index in [-0.39, 0.29) is 5.92 Å². The van der Waals surface area contributed by atoms with Gasteiger partial charge in [0, 0.05) is 44.0 Å². The Morgan fingerprint density at radius 2 is 2.22 bits per heavy atom. The van der Waals surface area contributed by atoms with E-state index >= 15 is 0 Å². The highest BCUT2D eigenvalue weighted by atomic mass is 19.1. The van der Waals surface area contributed by atoms with Crippen molar-refractivity contribution >= 4 is 0 Å². The second-order valence-corrected chi connectivity index (χ2v) is 6.21. The average Bonchev–Trinajstić information content (AvgIpc) is 2.96. The number of hydrogen-bond acceptors (Lipinski definition) is 3. The molecule has 0 amide bonds. The molecule has 0 saturated carbocycles. The first-order chi connectivity index (χ1) is 11.0. The van der Waals surface area contributed by atoms with Crippen LogP contribution in [0.4, 0.5) is 8.78 Å². The van der Waals surface area contributed by atoms with Gasteiger partial charge in [-0.2, -0.15) is 0 Å². The molecule has 0 aliphatic carbocycles. The van der Waals surface area contributed by atoms with E-state index in [0.717, 1.165) is 31.5 Å². The topological polar surface area (TPSA) is 41.3 Å². The molecule has 124 valence electrons. The first-order valence-corrected chi connectivity index (χ1v) is 7.86. The number of hydrogen-bond donors (Lipinski definition) is 1. The minimum Gasteiger partial charge on any atom is -0.385 e. The van der Waals surface area contributed by atoms with Gasteiger partial charge in [-0.25, -0.2) is 13.8 Å². The number of aromatic nitrogens is 2. The van der Waals surface area contributed by atoms with Gasteiger partial charge in [-0.1, -0.05) is 0 Å². The second kappa shape index (κ2) is 6.76. The number of rotatable bonds is 4. The monoisotopic (exact) mass is 321 g/mol. The van der Waals surface area contributed by atoms with Crippen molar-refractivity contribution in [1.29, 1.82) is 0 Å². The molecule has 1 N–H and O–H groups in total. The molecular weight excluding hydrogens is 300 g/mol. The van der Waals surface area contributed by atoms with Crippen LogP contribution in [-0.2, 0) is 13.6 Å². The van der Waals surface area contributed by atoms with Gasteiger partial charge in [0.05, 0.1) is 0 Å². The summed E-state index contributed by atoms with van der Waals surface area (Å²) in [4.78, 5) is 6.28. The largest absolute Gasteiger partial charge is 0.385 e. The highest BCUT2D eigenvalue weighted by molar-refractivity contribution is 5.18. The third-order valence-electron chi connectivity index (χ3n) is 4.51. The molecule has 1 saturated heterocycles. The number of likely N-dealkylation sites (tertiary alicyclic amines) is 1. The van der Waals surface area contributed by atoms with Crippen molar-refractivity contribution in [2.75, 3.05) is 13.1 Å². The zero-order valence-electron chi connectivity index (χ0n) is 13.1. The Balaban J connectivity index is 1.68. The molecule has 6 heteroatoms. The molecule has 1 fully saturated rings. The van der Waals surface area contributed by atoms with E-state index in [1.54, 1.807) is 12.4 Å². The number of aliphatic hydroxyl groups excluding tert-OH is 1. The molecule has 0 bridgehead atoms. The SMILES string of the molecule is Cn1ccnc1C(O)C1CCCN(Cc2cc(F)ccc2F)C1. The quantitative estimate of drug-likeness (QED) is 0.941. The molecule has 1 aromatic carbocycles. The number of nitrogens with zero attached hydrogens (tertiary/aromatic N) is 3. The molecule has 1 aromatic heterocycles. The lowest BCUT2D eigenvalue weighted by Gasteiger charge is -2.35. The summed E-state index contributed by atoms with van der Waals surface area (Å²) in [5, 5.41) is 10.6. The fourth-order valence-electron chi connectivity index (χ4n) is 3.27. The molecule has 3 rings (SSSR count). The van der Waals surface area contributed by atoms with E-state index in [9.17, 15) is 13.9 Å². The fraction of sp³-hybridized carbons (Fsp3) is 0.471. The lowest BCUT2D eigenvalue weighted by molar-refractivity contribution is 0.0401. The van der Waals surface area contributed by atoms with E-state index in [2.05, 4.69) is 9.88 Å². The summed E-state index contributed by atoms with van der Waals surface area (Å²) >= 11 is 0. The van der Waals surface area contributed by atoms with Crippen molar-refractivity contribution in [2.24, 2.45) is 13.0 Å². The van der Waals surface area contributed by atoms with Crippen molar-refractivity contribution in [1.82, 2.24) is 14.5 Å². The van der Waals surface area contributed by atoms with Gasteiger partial charge in [-0.3, -0.25) is 4.90 Å². The summed E-state index contributed by atoms with van der Waals surface area (Å²) in [5.41, 5.74) is 0.358. The van der Waals surface area contributed by atoms with Crippen LogP contribution in [0.25, 0.3) is 0 Å². The fourth-order valence-corrected chi connectivity index (χ4v) is 3.27. The van der Waals surface area contributed by atoms with Crippen molar-refractivity contribution in [3.8, 4) is 0 Å². The van der Waals surface area contributed by atoms with Crippen LogP contribution in [0.3, 0.4) is 0 Å². The van der Waals surface area contributed by atoms with Crippen LogP contribution in [-0.4, -0.2) is 32.6 Å². The van der Waals surface area contributed by atoms with Gasteiger partial charge in [0.2, 0.25) is 0 Å². The Bertz CT molecular complexity index is 674. The molecule has 1 aliphatic heterocycles. The van der Waals surface area contributed by atoms with E-state index in [0.29, 0.717) is 24.5 Å². The lowest BCUT2D eigenvalue weighted by atomic mass is 9.91. The summed E-state index contributed by atoms with van der Waals surface area (Å²) in [6.45, 7) is 1.82. The summed E-state index contributed by atoms with van der Waals surface area (Å²) in [5.74, 6) is -0.128. The molecule has 2 heterocycles. The molecule has 2 aromatic rings. The molecule has 0 radical (unpaired) electrons. The lowest BCUT2D eigenvalue weighted by Crippen LogP contribution is -2.38. The van der Waals surface area contributed by atoms with Crippen LogP contribution in [0.1, 0.15) is 30.3 Å². The Labute approximate surface area is 134 Å². The van der Waals surface area contributed by atoms with E-state index < -0.39 is 17.7 Å². The van der Waals surface area contributed by atoms with Gasteiger partial charge in [-0.05, 0) is 37.6 Å². The van der Waals surface area contributed by atoms with E-state index in [1.165, 1.54) is 6.07 Å². The van der Waals surface area contributed by atoms with Crippen LogP contribution < -0.4 is 0 Å².